The summed E-state index contributed by atoms with van der Waals surface area (Å²) in [6.45, 7) is 0.0184. The van der Waals surface area contributed by atoms with Gasteiger partial charge in [0.15, 0.2) is 6.61 Å². The van der Waals surface area contributed by atoms with Gasteiger partial charge in [0.1, 0.15) is 18.1 Å². The first kappa shape index (κ1) is 23.4. The average molecular weight is 482 g/mol. The van der Waals surface area contributed by atoms with E-state index in [0.29, 0.717) is 29.3 Å². The van der Waals surface area contributed by atoms with Gasteiger partial charge in [-0.1, -0.05) is 48.0 Å². The van der Waals surface area contributed by atoms with Crippen molar-refractivity contribution < 1.29 is 28.9 Å². The molecule has 0 saturated carbocycles. The Kier molecular flexibility index (Phi) is 7.23. The van der Waals surface area contributed by atoms with E-state index in [1.54, 1.807) is 42.3 Å². The Morgan fingerprint density at radius 3 is 2.56 bits per heavy atom. The van der Waals surface area contributed by atoms with Crippen LogP contribution in [0.25, 0.3) is 0 Å². The zero-order valence-electron chi connectivity index (χ0n) is 18.6. The molecule has 4 rings (SSSR count). The lowest BCUT2D eigenvalue weighted by molar-refractivity contribution is -0.139. The van der Waals surface area contributed by atoms with Crippen molar-refractivity contribution in [1.82, 2.24) is 4.90 Å². The number of carboxylic acid groups (broad SMARTS) is 1. The summed E-state index contributed by atoms with van der Waals surface area (Å²) in [4.78, 5) is 26.0. The van der Waals surface area contributed by atoms with Crippen molar-refractivity contribution in [3.05, 3.63) is 94.0 Å². The predicted octanol–water partition coefficient (Wildman–Crippen LogP) is 5.10. The molecule has 0 saturated heterocycles. The quantitative estimate of drug-likeness (QED) is 0.505. The third kappa shape index (κ3) is 5.26. The van der Waals surface area contributed by atoms with Crippen LogP contribution in [0.15, 0.2) is 66.7 Å². The molecule has 0 aromatic heterocycles. The lowest BCUT2D eigenvalue weighted by atomic mass is 9.88. The van der Waals surface area contributed by atoms with E-state index < -0.39 is 24.7 Å². The number of rotatable bonds is 7. The summed E-state index contributed by atoms with van der Waals surface area (Å²) < 4.78 is 16.4. The molecular formula is C26H24ClNO6. The highest BCUT2D eigenvalue weighted by Gasteiger charge is 2.35. The molecule has 0 radical (unpaired) electrons. The fourth-order valence-electron chi connectivity index (χ4n) is 4.05. The summed E-state index contributed by atoms with van der Waals surface area (Å²) >= 11 is 6.30. The third-order valence-corrected chi connectivity index (χ3v) is 5.89. The number of benzene rings is 3. The number of ether oxygens (including phenoxy) is 3. The lowest BCUT2D eigenvalue weighted by Crippen LogP contribution is -2.41. The molecule has 1 amide bonds. The Labute approximate surface area is 202 Å². The van der Waals surface area contributed by atoms with Crippen LogP contribution in [0.3, 0.4) is 0 Å². The van der Waals surface area contributed by atoms with Crippen LogP contribution < -0.4 is 9.47 Å². The van der Waals surface area contributed by atoms with Gasteiger partial charge in [-0.3, -0.25) is 4.90 Å². The number of hydrogen-bond donors (Lipinski definition) is 1. The van der Waals surface area contributed by atoms with E-state index in [2.05, 4.69) is 0 Å². The first-order valence-corrected chi connectivity index (χ1v) is 11.1. The molecule has 3 aromatic carbocycles. The maximum Gasteiger partial charge on any atom is 0.410 e. The van der Waals surface area contributed by atoms with E-state index in [-0.39, 0.29) is 6.61 Å². The van der Waals surface area contributed by atoms with Crippen LogP contribution in [0.4, 0.5) is 4.79 Å². The van der Waals surface area contributed by atoms with E-state index in [9.17, 15) is 9.59 Å². The monoisotopic (exact) mass is 481 g/mol. The summed E-state index contributed by atoms with van der Waals surface area (Å²) in [5, 5.41) is 9.55. The van der Waals surface area contributed by atoms with Crippen LogP contribution in [0, 0.1) is 0 Å². The Morgan fingerprint density at radius 1 is 1.06 bits per heavy atom. The SMILES string of the molecule is COc1ccc(COC(=O)N2CCc3ccccc3C2c2cc(Cl)ccc2OCC(=O)O)cc1. The standard InChI is InChI=1S/C26H24ClNO6/c1-32-20-9-6-17(7-10-20)15-34-26(31)28-13-12-18-4-2-3-5-21(18)25(28)22-14-19(27)8-11-23(22)33-16-24(29)30/h2-11,14,25H,12-13,15-16H2,1H3,(H,29,30). The van der Waals surface area contributed by atoms with Crippen LogP contribution in [-0.2, 0) is 22.6 Å². The predicted molar refractivity (Wildman–Crippen MR) is 126 cm³/mol. The second-order valence-corrected chi connectivity index (χ2v) is 8.25. The van der Waals surface area contributed by atoms with E-state index >= 15 is 0 Å². The van der Waals surface area contributed by atoms with Gasteiger partial charge in [0.25, 0.3) is 0 Å². The molecule has 0 aliphatic carbocycles. The molecule has 8 heteroatoms. The fraction of sp³-hybridized carbons (Fsp3) is 0.231. The zero-order chi connectivity index (χ0) is 24.1. The highest BCUT2D eigenvalue weighted by molar-refractivity contribution is 6.30. The van der Waals surface area contributed by atoms with Crippen LogP contribution in [-0.4, -0.2) is 42.3 Å². The maximum atomic E-state index is 13.3. The van der Waals surface area contributed by atoms with Gasteiger partial charge in [0.2, 0.25) is 0 Å². The second kappa shape index (κ2) is 10.5. The number of nitrogens with zero attached hydrogens (tertiary/aromatic N) is 1. The minimum absolute atomic E-state index is 0.103. The molecule has 3 aromatic rings. The van der Waals surface area contributed by atoms with Crippen LogP contribution in [0.1, 0.15) is 28.3 Å². The third-order valence-electron chi connectivity index (χ3n) is 5.66. The molecular weight excluding hydrogens is 458 g/mol. The van der Waals surface area contributed by atoms with Crippen LogP contribution in [0.5, 0.6) is 11.5 Å². The van der Waals surface area contributed by atoms with Gasteiger partial charge in [-0.2, -0.15) is 0 Å². The Morgan fingerprint density at radius 2 is 1.82 bits per heavy atom. The number of amides is 1. The molecule has 34 heavy (non-hydrogen) atoms. The molecule has 1 N–H and O–H groups in total. The first-order valence-electron chi connectivity index (χ1n) is 10.7. The van der Waals surface area contributed by atoms with Gasteiger partial charge < -0.3 is 19.3 Å². The largest absolute Gasteiger partial charge is 0.497 e. The van der Waals surface area contributed by atoms with Crippen molar-refractivity contribution >= 4 is 23.7 Å². The highest BCUT2D eigenvalue weighted by atomic mass is 35.5. The summed E-state index contributed by atoms with van der Waals surface area (Å²) in [5.41, 5.74) is 3.44. The number of carbonyl (C=O) groups is 2. The van der Waals surface area contributed by atoms with Crippen molar-refractivity contribution in [1.29, 1.82) is 0 Å². The van der Waals surface area contributed by atoms with E-state index in [4.69, 9.17) is 30.9 Å². The normalized spacial score (nSPS) is 14.8. The number of hydrogen-bond acceptors (Lipinski definition) is 5. The highest BCUT2D eigenvalue weighted by Crippen LogP contribution is 2.40. The van der Waals surface area contributed by atoms with E-state index in [0.717, 1.165) is 22.4 Å². The van der Waals surface area contributed by atoms with Gasteiger partial charge in [0, 0.05) is 17.1 Å². The number of halogens is 1. The fourth-order valence-corrected chi connectivity index (χ4v) is 4.23. The van der Waals surface area contributed by atoms with Crippen LogP contribution in [0.2, 0.25) is 5.02 Å². The first-order chi connectivity index (χ1) is 16.5. The van der Waals surface area contributed by atoms with Gasteiger partial charge in [0.05, 0.1) is 13.2 Å². The summed E-state index contributed by atoms with van der Waals surface area (Å²) in [6.07, 6.45) is 0.176. The Balaban J connectivity index is 1.65. The zero-order valence-corrected chi connectivity index (χ0v) is 19.3. The molecule has 1 atom stereocenters. The minimum Gasteiger partial charge on any atom is -0.497 e. The molecule has 0 fully saturated rings. The maximum absolute atomic E-state index is 13.3. The smallest absolute Gasteiger partial charge is 0.410 e. The number of fused-ring (bicyclic) bond motifs is 1. The topological polar surface area (TPSA) is 85.3 Å². The van der Waals surface area contributed by atoms with Crippen molar-refractivity contribution in [3.8, 4) is 11.5 Å². The number of methoxy groups -OCH3 is 1. The van der Waals surface area contributed by atoms with Gasteiger partial charge in [-0.05, 0) is 53.4 Å². The van der Waals surface area contributed by atoms with E-state index in [1.165, 1.54) is 0 Å². The number of carboxylic acids is 1. The van der Waals surface area contributed by atoms with Crippen molar-refractivity contribution in [3.63, 3.8) is 0 Å². The van der Waals surface area contributed by atoms with Crippen molar-refractivity contribution in [2.24, 2.45) is 0 Å². The van der Waals surface area contributed by atoms with Crippen molar-refractivity contribution in [2.45, 2.75) is 19.1 Å². The molecule has 0 bridgehead atoms. The lowest BCUT2D eigenvalue weighted by Gasteiger charge is -2.37. The number of carbonyl (C=O) groups excluding carboxylic acids is 1. The molecule has 7 nitrogen and oxygen atoms in total. The van der Waals surface area contributed by atoms with Gasteiger partial charge >= 0.3 is 12.1 Å². The molecule has 0 spiro atoms. The molecule has 1 aliphatic rings. The number of aliphatic carboxylic acids is 1. The van der Waals surface area contributed by atoms with Crippen LogP contribution >= 0.6 is 11.6 Å². The van der Waals surface area contributed by atoms with Gasteiger partial charge in [-0.25, -0.2) is 9.59 Å². The Bertz CT molecular complexity index is 1180. The summed E-state index contributed by atoms with van der Waals surface area (Å²) in [7, 11) is 1.59. The molecule has 176 valence electrons. The minimum atomic E-state index is -1.10. The summed E-state index contributed by atoms with van der Waals surface area (Å²) in [5.74, 6) is -0.0280. The van der Waals surface area contributed by atoms with E-state index in [1.807, 2.05) is 36.4 Å². The Hall–Kier alpha value is -3.71. The summed E-state index contributed by atoms with van der Waals surface area (Å²) in [6, 6.07) is 19.5. The molecule has 1 heterocycles. The second-order valence-electron chi connectivity index (χ2n) is 7.81. The van der Waals surface area contributed by atoms with Gasteiger partial charge in [-0.15, -0.1) is 0 Å². The average Bonchev–Trinajstić information content (AvgIpc) is 2.86. The molecule has 1 aliphatic heterocycles. The van der Waals surface area contributed by atoms with Crippen molar-refractivity contribution in [2.75, 3.05) is 20.3 Å². The molecule has 1 unspecified atom stereocenters.